The van der Waals surface area contributed by atoms with Crippen molar-refractivity contribution in [2.75, 3.05) is 6.61 Å². The molecule has 5 fully saturated rings. The Balaban J connectivity index is 0.990. The van der Waals surface area contributed by atoms with Crippen LogP contribution in [0.15, 0.2) is 11.6 Å². The second-order valence-corrected chi connectivity index (χ2v) is 16.3. The molecule has 7 nitrogen and oxygen atoms in total. The Morgan fingerprint density at radius 2 is 1.73 bits per heavy atom. The minimum absolute atomic E-state index is 0.0272. The van der Waals surface area contributed by atoms with Crippen molar-refractivity contribution in [3.8, 4) is 0 Å². The fraction of sp³-hybridized carbons (Fsp3) is 0.892. The number of fused-ring (bicyclic) bond motifs is 7. The van der Waals surface area contributed by atoms with Crippen molar-refractivity contribution >= 4 is 11.9 Å². The Hall–Kier alpha value is -1.44. The zero-order valence-electron chi connectivity index (χ0n) is 27.9. The Morgan fingerprint density at radius 1 is 0.977 bits per heavy atom. The standard InChI is InChI=1S/C37H59NO6/c1-24-15-20-37(42-23-24)25(2)34-31(44-37)22-30-28-14-13-26-21-27(16-18-35(26,3)29(28)17-19-36(30,34)4)43-33(40)12-10-8-6-5-7-9-11-32(39)38-41/h13,24-25,27-31,34,41H,5-12,14-23H2,1-4H3,(H,38,39)/t24-,25+,27+,28-,29+,30+,31+,34+,35+,36+,37-/m1/s1. The van der Waals surface area contributed by atoms with E-state index >= 15 is 0 Å². The first-order valence-electron chi connectivity index (χ1n) is 18.2. The highest BCUT2D eigenvalue weighted by molar-refractivity contribution is 5.74. The number of nitrogens with one attached hydrogen (secondary N) is 1. The van der Waals surface area contributed by atoms with Gasteiger partial charge in [0.15, 0.2) is 5.79 Å². The minimum Gasteiger partial charge on any atom is -0.462 e. The molecule has 11 atom stereocenters. The van der Waals surface area contributed by atoms with Crippen LogP contribution in [-0.2, 0) is 23.8 Å². The van der Waals surface area contributed by atoms with Crippen molar-refractivity contribution in [2.45, 2.75) is 155 Å². The van der Waals surface area contributed by atoms with Crippen LogP contribution in [-0.4, -0.2) is 41.7 Å². The number of ether oxygens (including phenoxy) is 3. The first-order valence-corrected chi connectivity index (χ1v) is 18.2. The number of rotatable bonds is 10. The number of hydrogen-bond donors (Lipinski definition) is 2. The number of esters is 1. The Labute approximate surface area is 265 Å². The average molecular weight is 614 g/mol. The predicted molar refractivity (Wildman–Crippen MR) is 168 cm³/mol. The summed E-state index contributed by atoms with van der Waals surface area (Å²) in [7, 11) is 0. The SMILES string of the molecule is C[C@@H]1CC[C@@]2(OC1)O[C@H]1C[C@H]3[C@@H]4CC=C5C[C@@H](OC(=O)CCCCCCCCC(=O)NO)CC[C@]5(C)[C@H]4CC[C@]3(C)[C@H]1[C@@H]2C. The number of carbonyl (C=O) groups excluding carboxylic acids is 2. The van der Waals surface area contributed by atoms with Gasteiger partial charge in [0, 0.05) is 31.6 Å². The molecule has 4 aliphatic carbocycles. The molecule has 2 N–H and O–H groups in total. The van der Waals surface area contributed by atoms with Gasteiger partial charge in [-0.15, -0.1) is 0 Å². The summed E-state index contributed by atoms with van der Waals surface area (Å²) in [5.74, 6) is 3.20. The minimum atomic E-state index is -0.338. The summed E-state index contributed by atoms with van der Waals surface area (Å²) in [6, 6.07) is 0. The average Bonchev–Trinajstić information content (AvgIpc) is 3.45. The van der Waals surface area contributed by atoms with Crippen LogP contribution in [0.1, 0.15) is 137 Å². The quantitative estimate of drug-likeness (QED) is 0.0856. The molecule has 0 bridgehead atoms. The Kier molecular flexibility index (Phi) is 9.59. The van der Waals surface area contributed by atoms with Gasteiger partial charge in [-0.25, -0.2) is 5.48 Å². The van der Waals surface area contributed by atoms with Gasteiger partial charge >= 0.3 is 5.97 Å². The molecule has 2 saturated heterocycles. The number of amides is 1. The summed E-state index contributed by atoms with van der Waals surface area (Å²) >= 11 is 0. The molecule has 0 unspecified atom stereocenters. The van der Waals surface area contributed by atoms with E-state index in [0.717, 1.165) is 88.6 Å². The largest absolute Gasteiger partial charge is 0.462 e. The van der Waals surface area contributed by atoms with Gasteiger partial charge in [-0.3, -0.25) is 14.8 Å². The molecular weight excluding hydrogens is 554 g/mol. The van der Waals surface area contributed by atoms with Crippen LogP contribution in [0.4, 0.5) is 0 Å². The normalized spacial score (nSPS) is 44.2. The molecule has 3 saturated carbocycles. The monoisotopic (exact) mass is 613 g/mol. The van der Waals surface area contributed by atoms with Crippen LogP contribution in [0, 0.1) is 46.3 Å². The van der Waals surface area contributed by atoms with Crippen molar-refractivity contribution in [3.63, 3.8) is 0 Å². The van der Waals surface area contributed by atoms with Crippen LogP contribution in [0.2, 0.25) is 0 Å². The molecule has 2 heterocycles. The highest BCUT2D eigenvalue weighted by Crippen LogP contribution is 2.70. The summed E-state index contributed by atoms with van der Waals surface area (Å²) in [5, 5.41) is 8.55. The summed E-state index contributed by atoms with van der Waals surface area (Å²) in [4.78, 5) is 23.8. The van der Waals surface area contributed by atoms with Crippen molar-refractivity contribution in [1.82, 2.24) is 5.48 Å². The van der Waals surface area contributed by atoms with Crippen molar-refractivity contribution < 1.29 is 29.0 Å². The first-order chi connectivity index (χ1) is 21.1. The van der Waals surface area contributed by atoms with Gasteiger partial charge in [0.05, 0.1) is 12.7 Å². The van der Waals surface area contributed by atoms with Crippen LogP contribution < -0.4 is 5.48 Å². The second-order valence-electron chi connectivity index (χ2n) is 16.3. The number of carbonyl (C=O) groups is 2. The number of unbranched alkanes of at least 4 members (excludes halogenated alkanes) is 5. The third kappa shape index (κ3) is 5.92. The maximum atomic E-state index is 12.7. The second kappa shape index (κ2) is 13.0. The van der Waals surface area contributed by atoms with Gasteiger partial charge in [-0.2, -0.15) is 0 Å². The number of hydrogen-bond acceptors (Lipinski definition) is 6. The highest BCUT2D eigenvalue weighted by atomic mass is 16.7. The van der Waals surface area contributed by atoms with E-state index in [-0.39, 0.29) is 29.2 Å². The van der Waals surface area contributed by atoms with E-state index in [1.54, 1.807) is 11.1 Å². The molecule has 6 aliphatic rings. The van der Waals surface area contributed by atoms with Crippen molar-refractivity contribution in [1.29, 1.82) is 0 Å². The number of hydroxylamine groups is 1. The molecule has 7 heteroatoms. The van der Waals surface area contributed by atoms with Gasteiger partial charge < -0.3 is 14.2 Å². The smallest absolute Gasteiger partial charge is 0.306 e. The predicted octanol–water partition coefficient (Wildman–Crippen LogP) is 7.89. The Morgan fingerprint density at radius 3 is 2.45 bits per heavy atom. The van der Waals surface area contributed by atoms with E-state index in [1.807, 2.05) is 0 Å². The van der Waals surface area contributed by atoms with Gasteiger partial charge in [-0.1, -0.05) is 65.0 Å². The zero-order chi connectivity index (χ0) is 31.1. The van der Waals surface area contributed by atoms with Crippen LogP contribution >= 0.6 is 0 Å². The molecule has 0 aromatic heterocycles. The highest BCUT2D eigenvalue weighted by Gasteiger charge is 2.68. The van der Waals surface area contributed by atoms with Gasteiger partial charge in [-0.05, 0) is 98.2 Å². The first kappa shape index (κ1) is 32.5. The van der Waals surface area contributed by atoms with E-state index < -0.39 is 0 Å². The molecule has 6 rings (SSSR count). The summed E-state index contributed by atoms with van der Waals surface area (Å²) < 4.78 is 19.5. The molecule has 44 heavy (non-hydrogen) atoms. The molecule has 0 aromatic rings. The maximum Gasteiger partial charge on any atom is 0.306 e. The van der Waals surface area contributed by atoms with Gasteiger partial charge in [0.2, 0.25) is 5.91 Å². The zero-order valence-corrected chi connectivity index (χ0v) is 27.9. The number of allylic oxidation sites excluding steroid dienone is 1. The lowest BCUT2D eigenvalue weighted by Crippen LogP contribution is -2.52. The topological polar surface area (TPSA) is 94.1 Å². The van der Waals surface area contributed by atoms with Gasteiger partial charge in [0.1, 0.15) is 6.10 Å². The van der Waals surface area contributed by atoms with Crippen LogP contribution in [0.3, 0.4) is 0 Å². The maximum absolute atomic E-state index is 12.7. The third-order valence-electron chi connectivity index (χ3n) is 13.8. The van der Waals surface area contributed by atoms with Crippen molar-refractivity contribution in [3.05, 3.63) is 11.6 Å². The molecule has 1 spiro atoms. The van der Waals surface area contributed by atoms with E-state index in [2.05, 4.69) is 33.8 Å². The fourth-order valence-electron chi connectivity index (χ4n) is 11.3. The summed E-state index contributed by atoms with van der Waals surface area (Å²) in [5.41, 5.74) is 3.81. The molecule has 248 valence electrons. The molecule has 0 aromatic carbocycles. The Bertz CT molecular complexity index is 1080. The molecule has 2 aliphatic heterocycles. The molecular formula is C37H59NO6. The van der Waals surface area contributed by atoms with E-state index in [9.17, 15) is 9.59 Å². The lowest BCUT2D eigenvalue weighted by Gasteiger charge is -2.58. The summed E-state index contributed by atoms with van der Waals surface area (Å²) in [6.07, 6.45) is 19.8. The van der Waals surface area contributed by atoms with Crippen LogP contribution in [0.5, 0.6) is 0 Å². The lowest BCUT2D eigenvalue weighted by molar-refractivity contribution is -0.272. The fourth-order valence-corrected chi connectivity index (χ4v) is 11.3. The lowest BCUT2D eigenvalue weighted by atomic mass is 9.47. The molecule has 0 radical (unpaired) electrons. The van der Waals surface area contributed by atoms with Gasteiger partial charge in [0.25, 0.3) is 0 Å². The molecule has 1 amide bonds. The third-order valence-corrected chi connectivity index (χ3v) is 13.8. The van der Waals surface area contributed by atoms with E-state index in [0.29, 0.717) is 42.1 Å². The summed E-state index contributed by atoms with van der Waals surface area (Å²) in [6.45, 7) is 10.7. The van der Waals surface area contributed by atoms with Crippen molar-refractivity contribution in [2.24, 2.45) is 46.3 Å². The van der Waals surface area contributed by atoms with E-state index in [4.69, 9.17) is 19.4 Å². The van der Waals surface area contributed by atoms with Crippen LogP contribution in [0.25, 0.3) is 0 Å². The van der Waals surface area contributed by atoms with E-state index in [1.165, 1.54) is 32.1 Å².